The van der Waals surface area contributed by atoms with Crippen molar-refractivity contribution in [1.29, 1.82) is 0 Å². The predicted octanol–water partition coefficient (Wildman–Crippen LogP) is 1.77. The molecule has 5 nitrogen and oxygen atoms in total. The van der Waals surface area contributed by atoms with Gasteiger partial charge in [-0.2, -0.15) is 13.2 Å². The summed E-state index contributed by atoms with van der Waals surface area (Å²) < 4.78 is 39.0. The van der Waals surface area contributed by atoms with Crippen LogP contribution in [0, 0.1) is 5.92 Å². The molecule has 0 aromatic heterocycles. The second kappa shape index (κ2) is 6.31. The normalized spacial score (nSPS) is 14.9. The van der Waals surface area contributed by atoms with Crippen LogP contribution in [0.15, 0.2) is 0 Å². The molecule has 0 rings (SSSR count). The van der Waals surface area contributed by atoms with Gasteiger partial charge in [-0.25, -0.2) is 9.59 Å². The second-order valence-corrected chi connectivity index (χ2v) is 3.54. The Morgan fingerprint density at radius 3 is 2.29 bits per heavy atom. The first-order chi connectivity index (χ1) is 7.67. The van der Waals surface area contributed by atoms with Crippen molar-refractivity contribution in [3.05, 3.63) is 0 Å². The highest BCUT2D eigenvalue weighted by molar-refractivity contribution is 5.80. The van der Waals surface area contributed by atoms with E-state index in [1.165, 1.54) is 0 Å². The van der Waals surface area contributed by atoms with Crippen molar-refractivity contribution in [2.75, 3.05) is 6.61 Å². The number of hydrogen-bond donors (Lipinski definition) is 2. The standard InChI is InChI=1S/C9H14F3NO4/c1-3-5(2)6(7(14)15)13-8(16)17-4-9(10,11)12/h5-6H,3-4H2,1-2H3,(H,13,16)(H,14,15). The number of hydrogen-bond acceptors (Lipinski definition) is 3. The molecule has 0 aliphatic heterocycles. The summed E-state index contributed by atoms with van der Waals surface area (Å²) in [6, 6.07) is -1.26. The molecule has 8 heteroatoms. The van der Waals surface area contributed by atoms with E-state index in [9.17, 15) is 22.8 Å². The van der Waals surface area contributed by atoms with Crippen molar-refractivity contribution >= 4 is 12.1 Å². The number of nitrogens with one attached hydrogen (secondary N) is 1. The maximum atomic E-state index is 11.7. The molecular formula is C9H14F3NO4. The van der Waals surface area contributed by atoms with Crippen LogP contribution < -0.4 is 5.32 Å². The summed E-state index contributed by atoms with van der Waals surface area (Å²) in [6.45, 7) is 1.51. The van der Waals surface area contributed by atoms with Crippen LogP contribution in [0.1, 0.15) is 20.3 Å². The molecule has 0 spiro atoms. The highest BCUT2D eigenvalue weighted by Gasteiger charge is 2.31. The third-order valence-corrected chi connectivity index (χ3v) is 2.12. The van der Waals surface area contributed by atoms with E-state index in [0.29, 0.717) is 6.42 Å². The van der Waals surface area contributed by atoms with Crippen LogP contribution in [-0.2, 0) is 9.53 Å². The molecule has 0 radical (unpaired) electrons. The zero-order chi connectivity index (χ0) is 13.6. The number of carbonyl (C=O) groups excluding carboxylic acids is 1. The predicted molar refractivity (Wildman–Crippen MR) is 51.4 cm³/mol. The lowest BCUT2D eigenvalue weighted by atomic mass is 10.00. The number of carboxylic acids is 1. The van der Waals surface area contributed by atoms with Crippen LogP contribution in [0.25, 0.3) is 0 Å². The molecular weight excluding hydrogens is 243 g/mol. The van der Waals surface area contributed by atoms with E-state index in [-0.39, 0.29) is 0 Å². The van der Waals surface area contributed by atoms with Gasteiger partial charge < -0.3 is 15.2 Å². The molecule has 0 fully saturated rings. The summed E-state index contributed by atoms with van der Waals surface area (Å²) in [6.07, 6.45) is -5.57. The lowest BCUT2D eigenvalue weighted by molar-refractivity contribution is -0.160. The highest BCUT2D eigenvalue weighted by Crippen LogP contribution is 2.14. The number of alkyl carbamates (subject to hydrolysis) is 1. The molecule has 0 saturated heterocycles. The minimum atomic E-state index is -4.63. The van der Waals surface area contributed by atoms with Crippen molar-refractivity contribution < 1.29 is 32.6 Å². The van der Waals surface area contributed by atoms with Gasteiger partial charge >= 0.3 is 18.2 Å². The van der Waals surface area contributed by atoms with E-state index in [0.717, 1.165) is 0 Å². The van der Waals surface area contributed by atoms with Crippen molar-refractivity contribution in [3.8, 4) is 0 Å². The first-order valence-electron chi connectivity index (χ1n) is 4.90. The summed E-state index contributed by atoms with van der Waals surface area (Å²) in [5, 5.41) is 10.6. The van der Waals surface area contributed by atoms with E-state index in [1.807, 2.05) is 5.32 Å². The first kappa shape index (κ1) is 15.5. The van der Waals surface area contributed by atoms with E-state index in [2.05, 4.69) is 4.74 Å². The van der Waals surface area contributed by atoms with Crippen LogP contribution in [-0.4, -0.2) is 36.0 Å². The zero-order valence-electron chi connectivity index (χ0n) is 9.37. The third-order valence-electron chi connectivity index (χ3n) is 2.12. The van der Waals surface area contributed by atoms with Crippen LogP contribution in [0.4, 0.5) is 18.0 Å². The van der Waals surface area contributed by atoms with Crippen molar-refractivity contribution in [1.82, 2.24) is 5.32 Å². The number of rotatable bonds is 5. The number of amides is 1. The van der Waals surface area contributed by atoms with Crippen LogP contribution in [0.2, 0.25) is 0 Å². The topological polar surface area (TPSA) is 75.6 Å². The number of halogens is 3. The van der Waals surface area contributed by atoms with Gasteiger partial charge in [-0.05, 0) is 5.92 Å². The third kappa shape index (κ3) is 6.64. The summed E-state index contributed by atoms with van der Waals surface area (Å²) in [5.41, 5.74) is 0. The molecule has 0 aromatic rings. The molecule has 0 aliphatic rings. The fourth-order valence-electron chi connectivity index (χ4n) is 0.999. The maximum absolute atomic E-state index is 11.7. The minimum Gasteiger partial charge on any atom is -0.480 e. The molecule has 1 amide bonds. The summed E-state index contributed by atoms with van der Waals surface area (Å²) in [4.78, 5) is 21.7. The van der Waals surface area contributed by atoms with Gasteiger partial charge in [0.2, 0.25) is 0 Å². The van der Waals surface area contributed by atoms with Gasteiger partial charge in [0.1, 0.15) is 6.04 Å². The molecule has 0 heterocycles. The Bertz CT molecular complexity index is 280. The minimum absolute atomic E-state index is 0.411. The fourth-order valence-corrected chi connectivity index (χ4v) is 0.999. The monoisotopic (exact) mass is 257 g/mol. The lowest BCUT2D eigenvalue weighted by Crippen LogP contribution is -2.45. The van der Waals surface area contributed by atoms with Gasteiger partial charge in [0.05, 0.1) is 0 Å². The average molecular weight is 257 g/mol. The van der Waals surface area contributed by atoms with Crippen molar-refractivity contribution in [2.24, 2.45) is 5.92 Å². The Kier molecular flexibility index (Phi) is 5.77. The Morgan fingerprint density at radius 1 is 1.41 bits per heavy atom. The van der Waals surface area contributed by atoms with Crippen molar-refractivity contribution in [2.45, 2.75) is 32.5 Å². The van der Waals surface area contributed by atoms with Crippen molar-refractivity contribution in [3.63, 3.8) is 0 Å². The van der Waals surface area contributed by atoms with Crippen LogP contribution in [0.5, 0.6) is 0 Å². The van der Waals surface area contributed by atoms with Gasteiger partial charge in [0.25, 0.3) is 0 Å². The zero-order valence-corrected chi connectivity index (χ0v) is 9.37. The average Bonchev–Trinajstić information content (AvgIpc) is 2.20. The Morgan fingerprint density at radius 2 is 1.94 bits per heavy atom. The molecule has 17 heavy (non-hydrogen) atoms. The molecule has 0 saturated carbocycles. The summed E-state index contributed by atoms with van der Waals surface area (Å²) >= 11 is 0. The summed E-state index contributed by atoms with van der Waals surface area (Å²) in [5.74, 6) is -1.73. The number of alkyl halides is 3. The Labute approximate surface area is 95.9 Å². The smallest absolute Gasteiger partial charge is 0.422 e. The van der Waals surface area contributed by atoms with E-state index < -0.39 is 36.8 Å². The number of ether oxygens (including phenoxy) is 1. The highest BCUT2D eigenvalue weighted by atomic mass is 19.4. The van der Waals surface area contributed by atoms with E-state index >= 15 is 0 Å². The van der Waals surface area contributed by atoms with Gasteiger partial charge in [0.15, 0.2) is 6.61 Å². The van der Waals surface area contributed by atoms with Crippen LogP contribution >= 0.6 is 0 Å². The quantitative estimate of drug-likeness (QED) is 0.787. The van der Waals surface area contributed by atoms with E-state index in [1.54, 1.807) is 13.8 Å². The van der Waals surface area contributed by atoms with Gasteiger partial charge in [-0.15, -0.1) is 0 Å². The molecule has 2 N–H and O–H groups in total. The maximum Gasteiger partial charge on any atom is 0.422 e. The molecule has 2 atom stereocenters. The Balaban J connectivity index is 4.28. The first-order valence-corrected chi connectivity index (χ1v) is 4.90. The van der Waals surface area contributed by atoms with Gasteiger partial charge in [-0.1, -0.05) is 20.3 Å². The molecule has 0 aromatic carbocycles. The van der Waals surface area contributed by atoms with Crippen LogP contribution in [0.3, 0.4) is 0 Å². The molecule has 100 valence electrons. The number of carbonyl (C=O) groups is 2. The Hall–Kier alpha value is -1.47. The number of carboxylic acid groups (broad SMARTS) is 1. The SMILES string of the molecule is CCC(C)C(NC(=O)OCC(F)(F)F)C(=O)O. The largest absolute Gasteiger partial charge is 0.480 e. The molecule has 2 unspecified atom stereocenters. The van der Waals surface area contributed by atoms with E-state index in [4.69, 9.17) is 5.11 Å². The molecule has 0 aliphatic carbocycles. The number of aliphatic carboxylic acids is 1. The molecule has 0 bridgehead atoms. The van der Waals surface area contributed by atoms with Gasteiger partial charge in [-0.3, -0.25) is 0 Å². The lowest BCUT2D eigenvalue weighted by Gasteiger charge is -2.19. The fraction of sp³-hybridized carbons (Fsp3) is 0.778. The van der Waals surface area contributed by atoms with Gasteiger partial charge in [0, 0.05) is 0 Å². The second-order valence-electron chi connectivity index (χ2n) is 3.54. The summed E-state index contributed by atoms with van der Waals surface area (Å²) in [7, 11) is 0.